The van der Waals surface area contributed by atoms with Crippen LogP contribution < -0.4 is 10.5 Å². The van der Waals surface area contributed by atoms with Gasteiger partial charge in [0.05, 0.1) is 18.3 Å². The molecule has 0 aliphatic heterocycles. The highest BCUT2D eigenvalue weighted by atomic mass is 16.5. The number of nitrogens with two attached hydrogens (primary N) is 1. The van der Waals surface area contributed by atoms with E-state index in [-0.39, 0.29) is 0 Å². The lowest BCUT2D eigenvalue weighted by atomic mass is 10.2. The fourth-order valence-electron chi connectivity index (χ4n) is 2.38. The summed E-state index contributed by atoms with van der Waals surface area (Å²) in [4.78, 5) is 4.14. The highest BCUT2D eigenvalue weighted by Crippen LogP contribution is 2.32. The Morgan fingerprint density at radius 1 is 1.21 bits per heavy atom. The average Bonchev–Trinajstić information content (AvgIpc) is 2.77. The Balaban J connectivity index is 2.25. The monoisotopic (exact) mass is 253 g/mol. The Bertz CT molecular complexity index is 729. The summed E-state index contributed by atoms with van der Waals surface area (Å²) in [5, 5.41) is 1.15. The number of para-hydroxylation sites is 1. The SMILES string of the molecule is COc1cccc2cc(-c3ccc(N)nc3)n(C)c12. The van der Waals surface area contributed by atoms with E-state index in [1.807, 2.05) is 31.3 Å². The Hall–Kier alpha value is -2.49. The Labute approximate surface area is 111 Å². The molecule has 0 unspecified atom stereocenters. The first kappa shape index (κ1) is 11.6. The first-order valence-corrected chi connectivity index (χ1v) is 6.05. The van der Waals surface area contributed by atoms with Crippen LogP contribution in [-0.2, 0) is 7.05 Å². The number of fused-ring (bicyclic) bond motifs is 1. The number of ether oxygens (including phenoxy) is 1. The van der Waals surface area contributed by atoms with E-state index in [0.717, 1.165) is 27.9 Å². The van der Waals surface area contributed by atoms with Gasteiger partial charge in [0.1, 0.15) is 11.6 Å². The minimum Gasteiger partial charge on any atom is -0.495 e. The first-order chi connectivity index (χ1) is 9.20. The van der Waals surface area contributed by atoms with Crippen LogP contribution in [0.5, 0.6) is 5.75 Å². The van der Waals surface area contributed by atoms with E-state index in [2.05, 4.69) is 21.7 Å². The number of rotatable bonds is 2. The molecule has 0 bridgehead atoms. The fraction of sp³-hybridized carbons (Fsp3) is 0.133. The van der Waals surface area contributed by atoms with E-state index in [1.165, 1.54) is 0 Å². The van der Waals surface area contributed by atoms with E-state index in [1.54, 1.807) is 13.3 Å². The minimum atomic E-state index is 0.528. The van der Waals surface area contributed by atoms with Gasteiger partial charge in [0.25, 0.3) is 0 Å². The van der Waals surface area contributed by atoms with Crippen LogP contribution in [0.15, 0.2) is 42.6 Å². The number of aromatic nitrogens is 2. The van der Waals surface area contributed by atoms with Crippen molar-refractivity contribution in [2.45, 2.75) is 0 Å². The third-order valence-electron chi connectivity index (χ3n) is 3.32. The quantitative estimate of drug-likeness (QED) is 0.764. The molecule has 0 aliphatic rings. The molecule has 3 rings (SSSR count). The molecular formula is C15H15N3O. The summed E-state index contributed by atoms with van der Waals surface area (Å²) in [5.41, 5.74) is 8.83. The second-order valence-corrected chi connectivity index (χ2v) is 4.46. The number of anilines is 1. The molecule has 2 N–H and O–H groups in total. The van der Waals surface area contributed by atoms with Gasteiger partial charge in [-0.15, -0.1) is 0 Å². The normalized spacial score (nSPS) is 10.8. The van der Waals surface area contributed by atoms with Crippen LogP contribution in [0.25, 0.3) is 22.2 Å². The van der Waals surface area contributed by atoms with Crippen LogP contribution in [0.1, 0.15) is 0 Å². The summed E-state index contributed by atoms with van der Waals surface area (Å²) in [5.74, 6) is 1.40. The predicted octanol–water partition coefficient (Wildman–Crippen LogP) is 2.83. The second kappa shape index (κ2) is 4.31. The van der Waals surface area contributed by atoms with Crippen molar-refractivity contribution in [3.8, 4) is 17.0 Å². The third kappa shape index (κ3) is 1.81. The van der Waals surface area contributed by atoms with Gasteiger partial charge in [-0.05, 0) is 24.3 Å². The Morgan fingerprint density at radius 2 is 2.05 bits per heavy atom. The predicted molar refractivity (Wildman–Crippen MR) is 77.1 cm³/mol. The maximum absolute atomic E-state index is 5.63. The molecule has 19 heavy (non-hydrogen) atoms. The largest absolute Gasteiger partial charge is 0.495 e. The van der Waals surface area contributed by atoms with Crippen molar-refractivity contribution >= 4 is 16.7 Å². The second-order valence-electron chi connectivity index (χ2n) is 4.46. The number of hydrogen-bond acceptors (Lipinski definition) is 3. The molecule has 2 aromatic heterocycles. The molecule has 96 valence electrons. The lowest BCUT2D eigenvalue weighted by molar-refractivity contribution is 0.418. The van der Waals surface area contributed by atoms with Gasteiger partial charge in [0.15, 0.2) is 0 Å². The number of benzene rings is 1. The lowest BCUT2D eigenvalue weighted by Crippen LogP contribution is -1.95. The highest BCUT2D eigenvalue weighted by molar-refractivity contribution is 5.91. The average molecular weight is 253 g/mol. The maximum Gasteiger partial charge on any atom is 0.143 e. The van der Waals surface area contributed by atoms with Gasteiger partial charge >= 0.3 is 0 Å². The number of nitrogens with zero attached hydrogens (tertiary/aromatic N) is 2. The van der Waals surface area contributed by atoms with Crippen LogP contribution in [0, 0.1) is 0 Å². The third-order valence-corrected chi connectivity index (χ3v) is 3.32. The zero-order valence-corrected chi connectivity index (χ0v) is 10.9. The summed E-state index contributed by atoms with van der Waals surface area (Å²) in [7, 11) is 3.71. The van der Waals surface area contributed by atoms with Crippen LogP contribution in [0.4, 0.5) is 5.82 Å². The molecule has 0 saturated carbocycles. The molecule has 3 aromatic rings. The van der Waals surface area contributed by atoms with E-state index in [4.69, 9.17) is 10.5 Å². The number of aryl methyl sites for hydroxylation is 1. The number of methoxy groups -OCH3 is 1. The van der Waals surface area contributed by atoms with Crippen molar-refractivity contribution in [2.75, 3.05) is 12.8 Å². The summed E-state index contributed by atoms with van der Waals surface area (Å²) in [6.07, 6.45) is 1.79. The van der Waals surface area contributed by atoms with Gasteiger partial charge in [0.2, 0.25) is 0 Å². The fourth-order valence-corrected chi connectivity index (χ4v) is 2.38. The molecule has 2 heterocycles. The van der Waals surface area contributed by atoms with Crippen molar-refractivity contribution < 1.29 is 4.74 Å². The van der Waals surface area contributed by atoms with E-state index in [9.17, 15) is 0 Å². The molecule has 0 atom stereocenters. The minimum absolute atomic E-state index is 0.528. The van der Waals surface area contributed by atoms with Crippen LogP contribution in [-0.4, -0.2) is 16.7 Å². The summed E-state index contributed by atoms with van der Waals surface area (Å²) < 4.78 is 7.53. The van der Waals surface area contributed by atoms with E-state index < -0.39 is 0 Å². The molecule has 1 aromatic carbocycles. The molecular weight excluding hydrogens is 238 g/mol. The molecule has 4 nitrogen and oxygen atoms in total. The number of nitrogen functional groups attached to an aromatic ring is 1. The Kier molecular flexibility index (Phi) is 2.63. The smallest absolute Gasteiger partial charge is 0.143 e. The summed E-state index contributed by atoms with van der Waals surface area (Å²) in [6.45, 7) is 0. The van der Waals surface area contributed by atoms with Gasteiger partial charge < -0.3 is 15.0 Å². The Morgan fingerprint density at radius 3 is 2.74 bits per heavy atom. The summed E-state index contributed by atoms with van der Waals surface area (Å²) in [6, 6.07) is 11.9. The van der Waals surface area contributed by atoms with Gasteiger partial charge in [-0.2, -0.15) is 0 Å². The first-order valence-electron chi connectivity index (χ1n) is 6.05. The standard InChI is InChI=1S/C15H15N3O/c1-18-12(11-6-7-14(16)17-9-11)8-10-4-3-5-13(19-2)15(10)18/h3-9H,1-2H3,(H2,16,17). The van der Waals surface area contributed by atoms with Crippen molar-refractivity contribution in [1.29, 1.82) is 0 Å². The van der Waals surface area contributed by atoms with Crippen LogP contribution in [0.3, 0.4) is 0 Å². The topological polar surface area (TPSA) is 53.1 Å². The molecule has 4 heteroatoms. The van der Waals surface area contributed by atoms with Crippen molar-refractivity contribution in [3.63, 3.8) is 0 Å². The lowest BCUT2D eigenvalue weighted by Gasteiger charge is -2.07. The maximum atomic E-state index is 5.63. The van der Waals surface area contributed by atoms with Crippen molar-refractivity contribution in [3.05, 3.63) is 42.6 Å². The zero-order chi connectivity index (χ0) is 13.4. The summed E-state index contributed by atoms with van der Waals surface area (Å²) >= 11 is 0. The van der Waals surface area contributed by atoms with Gasteiger partial charge in [-0.25, -0.2) is 4.98 Å². The van der Waals surface area contributed by atoms with Crippen molar-refractivity contribution in [2.24, 2.45) is 7.05 Å². The highest BCUT2D eigenvalue weighted by Gasteiger charge is 2.11. The molecule has 0 radical (unpaired) electrons. The molecule has 0 aliphatic carbocycles. The number of pyridine rings is 1. The molecule has 0 amide bonds. The van der Waals surface area contributed by atoms with Gasteiger partial charge in [-0.1, -0.05) is 12.1 Å². The van der Waals surface area contributed by atoms with E-state index >= 15 is 0 Å². The van der Waals surface area contributed by atoms with Gasteiger partial charge in [0, 0.05) is 24.2 Å². The van der Waals surface area contributed by atoms with Gasteiger partial charge in [-0.3, -0.25) is 0 Å². The molecule has 0 fully saturated rings. The molecule has 0 spiro atoms. The number of hydrogen-bond donors (Lipinski definition) is 1. The zero-order valence-electron chi connectivity index (χ0n) is 10.9. The van der Waals surface area contributed by atoms with Crippen LogP contribution in [0.2, 0.25) is 0 Å². The van der Waals surface area contributed by atoms with Crippen molar-refractivity contribution in [1.82, 2.24) is 9.55 Å². The van der Waals surface area contributed by atoms with E-state index in [0.29, 0.717) is 5.82 Å². The molecule has 0 saturated heterocycles. The van der Waals surface area contributed by atoms with Crippen LogP contribution >= 0.6 is 0 Å².